The fourth-order valence-corrected chi connectivity index (χ4v) is 1.75. The molecule has 1 N–H and O–H groups in total. The van der Waals surface area contributed by atoms with Crippen LogP contribution in [0.2, 0.25) is 0 Å². The third-order valence-corrected chi connectivity index (χ3v) is 2.96. The second-order valence-electron chi connectivity index (χ2n) is 4.10. The van der Waals surface area contributed by atoms with E-state index in [-0.39, 0.29) is 11.3 Å². The first kappa shape index (κ1) is 10.9. The standard InChI is InChI=1S/C12H12F2N2/c13-10-4-9(6-15)5-11(14)12(10)16-7-8-2-1-3-8/h4-5,8,16H,1-3,7H2. The van der Waals surface area contributed by atoms with E-state index in [1.165, 1.54) is 6.42 Å². The highest BCUT2D eigenvalue weighted by Crippen LogP contribution is 2.28. The van der Waals surface area contributed by atoms with Crippen molar-refractivity contribution in [3.05, 3.63) is 29.3 Å². The zero-order chi connectivity index (χ0) is 11.5. The van der Waals surface area contributed by atoms with Crippen molar-refractivity contribution in [2.75, 3.05) is 11.9 Å². The molecule has 0 amide bonds. The second kappa shape index (κ2) is 4.48. The normalized spacial score (nSPS) is 15.3. The van der Waals surface area contributed by atoms with Gasteiger partial charge in [0.25, 0.3) is 0 Å². The average Bonchev–Trinajstić information content (AvgIpc) is 2.19. The van der Waals surface area contributed by atoms with Crippen molar-refractivity contribution in [2.45, 2.75) is 19.3 Å². The Morgan fingerprint density at radius 3 is 2.38 bits per heavy atom. The number of halogens is 2. The van der Waals surface area contributed by atoms with Crippen molar-refractivity contribution >= 4 is 5.69 Å². The van der Waals surface area contributed by atoms with Crippen LogP contribution in [0.15, 0.2) is 12.1 Å². The zero-order valence-electron chi connectivity index (χ0n) is 8.76. The summed E-state index contributed by atoms with van der Waals surface area (Å²) in [5.74, 6) is -0.874. The number of rotatable bonds is 3. The van der Waals surface area contributed by atoms with E-state index in [0.29, 0.717) is 12.5 Å². The molecule has 0 radical (unpaired) electrons. The Labute approximate surface area is 92.9 Å². The highest BCUT2D eigenvalue weighted by atomic mass is 19.1. The molecule has 1 aliphatic carbocycles. The van der Waals surface area contributed by atoms with Crippen LogP contribution < -0.4 is 5.32 Å². The van der Waals surface area contributed by atoms with Crippen molar-refractivity contribution in [3.63, 3.8) is 0 Å². The molecule has 1 aliphatic rings. The summed E-state index contributed by atoms with van der Waals surface area (Å²) >= 11 is 0. The Hall–Kier alpha value is -1.63. The number of anilines is 1. The summed E-state index contributed by atoms with van der Waals surface area (Å²) in [6, 6.07) is 3.81. The number of hydrogen-bond acceptors (Lipinski definition) is 2. The number of hydrogen-bond donors (Lipinski definition) is 1. The lowest BCUT2D eigenvalue weighted by Crippen LogP contribution is -2.21. The van der Waals surface area contributed by atoms with E-state index in [1.54, 1.807) is 6.07 Å². The minimum absolute atomic E-state index is 0.00388. The zero-order valence-corrected chi connectivity index (χ0v) is 8.76. The van der Waals surface area contributed by atoms with Crippen LogP contribution in [0.1, 0.15) is 24.8 Å². The molecule has 1 fully saturated rings. The van der Waals surface area contributed by atoms with Crippen LogP contribution in [-0.2, 0) is 0 Å². The van der Waals surface area contributed by atoms with Crippen molar-refractivity contribution in [3.8, 4) is 6.07 Å². The van der Waals surface area contributed by atoms with Gasteiger partial charge in [0.1, 0.15) is 5.69 Å². The fourth-order valence-electron chi connectivity index (χ4n) is 1.75. The van der Waals surface area contributed by atoms with E-state index in [1.807, 2.05) is 0 Å². The first-order chi connectivity index (χ1) is 7.70. The summed E-state index contributed by atoms with van der Waals surface area (Å²) in [7, 11) is 0. The van der Waals surface area contributed by atoms with Crippen molar-refractivity contribution in [1.82, 2.24) is 0 Å². The van der Waals surface area contributed by atoms with Gasteiger partial charge in [-0.05, 0) is 30.9 Å². The Morgan fingerprint density at radius 2 is 1.94 bits per heavy atom. The Balaban J connectivity index is 2.10. The molecule has 84 valence electrons. The molecule has 0 aliphatic heterocycles. The van der Waals surface area contributed by atoms with E-state index < -0.39 is 11.6 Å². The van der Waals surface area contributed by atoms with E-state index in [2.05, 4.69) is 5.32 Å². The van der Waals surface area contributed by atoms with Crippen LogP contribution >= 0.6 is 0 Å². The molecule has 0 heterocycles. The van der Waals surface area contributed by atoms with Crippen LogP contribution in [-0.4, -0.2) is 6.54 Å². The molecule has 1 aromatic rings. The van der Waals surface area contributed by atoms with Crippen LogP contribution in [0.4, 0.5) is 14.5 Å². The highest BCUT2D eigenvalue weighted by Gasteiger charge is 2.18. The van der Waals surface area contributed by atoms with Gasteiger partial charge in [0.15, 0.2) is 11.6 Å². The maximum absolute atomic E-state index is 13.4. The van der Waals surface area contributed by atoms with Gasteiger partial charge in [-0.25, -0.2) is 8.78 Å². The third kappa shape index (κ3) is 2.13. The topological polar surface area (TPSA) is 35.8 Å². The molecule has 0 spiro atoms. The fraction of sp³-hybridized carbons (Fsp3) is 0.417. The third-order valence-electron chi connectivity index (χ3n) is 2.96. The van der Waals surface area contributed by atoms with Gasteiger partial charge in [0.2, 0.25) is 0 Å². The van der Waals surface area contributed by atoms with Crippen molar-refractivity contribution < 1.29 is 8.78 Å². The molecule has 0 bridgehead atoms. The predicted octanol–water partition coefficient (Wildman–Crippen LogP) is 3.05. The molecule has 4 heteroatoms. The van der Waals surface area contributed by atoms with Gasteiger partial charge in [0, 0.05) is 6.54 Å². The van der Waals surface area contributed by atoms with Gasteiger partial charge in [0.05, 0.1) is 11.6 Å². The molecule has 0 aromatic heterocycles. The average molecular weight is 222 g/mol. The summed E-state index contributed by atoms with van der Waals surface area (Å²) in [4.78, 5) is 0. The van der Waals surface area contributed by atoms with Gasteiger partial charge in [-0.2, -0.15) is 5.26 Å². The molecule has 1 aromatic carbocycles. The lowest BCUT2D eigenvalue weighted by Gasteiger charge is -2.26. The van der Waals surface area contributed by atoms with E-state index in [0.717, 1.165) is 25.0 Å². The monoisotopic (exact) mass is 222 g/mol. The minimum Gasteiger partial charge on any atom is -0.380 e. The van der Waals surface area contributed by atoms with Gasteiger partial charge in [-0.15, -0.1) is 0 Å². The number of nitrogens with one attached hydrogen (secondary N) is 1. The van der Waals surface area contributed by atoms with Crippen molar-refractivity contribution in [2.24, 2.45) is 5.92 Å². The summed E-state index contributed by atoms with van der Waals surface area (Å²) in [6.07, 6.45) is 3.43. The van der Waals surface area contributed by atoms with Gasteiger partial charge < -0.3 is 5.32 Å². The molecular weight excluding hydrogens is 210 g/mol. The molecule has 1 saturated carbocycles. The predicted molar refractivity (Wildman–Crippen MR) is 56.9 cm³/mol. The molecule has 0 unspecified atom stereocenters. The number of benzene rings is 1. The van der Waals surface area contributed by atoms with Crippen LogP contribution in [0, 0.1) is 28.9 Å². The van der Waals surface area contributed by atoms with Gasteiger partial charge >= 0.3 is 0 Å². The summed E-state index contributed by atoms with van der Waals surface area (Å²) in [5.41, 5.74) is -0.116. The maximum Gasteiger partial charge on any atom is 0.150 e. The summed E-state index contributed by atoms with van der Waals surface area (Å²) in [6.45, 7) is 0.597. The molecule has 0 saturated heterocycles. The van der Waals surface area contributed by atoms with Gasteiger partial charge in [-0.3, -0.25) is 0 Å². The van der Waals surface area contributed by atoms with Crippen molar-refractivity contribution in [1.29, 1.82) is 5.26 Å². The molecule has 16 heavy (non-hydrogen) atoms. The van der Waals surface area contributed by atoms with Crippen LogP contribution in [0.25, 0.3) is 0 Å². The molecular formula is C12H12F2N2. The SMILES string of the molecule is N#Cc1cc(F)c(NCC2CCC2)c(F)c1. The summed E-state index contributed by atoms with van der Waals surface area (Å²) in [5, 5.41) is 11.3. The van der Waals surface area contributed by atoms with Gasteiger partial charge in [-0.1, -0.05) is 6.42 Å². The first-order valence-corrected chi connectivity index (χ1v) is 5.33. The van der Waals surface area contributed by atoms with E-state index in [9.17, 15) is 8.78 Å². The quantitative estimate of drug-likeness (QED) is 0.853. The summed E-state index contributed by atoms with van der Waals surface area (Å²) < 4.78 is 26.8. The maximum atomic E-state index is 13.4. The number of nitrogens with zero attached hydrogens (tertiary/aromatic N) is 1. The Morgan fingerprint density at radius 1 is 1.31 bits per heavy atom. The van der Waals surface area contributed by atoms with E-state index >= 15 is 0 Å². The molecule has 2 rings (SSSR count). The molecule has 2 nitrogen and oxygen atoms in total. The molecule has 0 atom stereocenters. The van der Waals surface area contributed by atoms with Crippen LogP contribution in [0.5, 0.6) is 0 Å². The highest BCUT2D eigenvalue weighted by molar-refractivity contribution is 5.50. The lowest BCUT2D eigenvalue weighted by atomic mass is 9.85. The lowest BCUT2D eigenvalue weighted by molar-refractivity contribution is 0.332. The Kier molecular flexibility index (Phi) is 3.04. The minimum atomic E-state index is -0.698. The largest absolute Gasteiger partial charge is 0.380 e. The smallest absolute Gasteiger partial charge is 0.150 e. The first-order valence-electron chi connectivity index (χ1n) is 5.33. The van der Waals surface area contributed by atoms with Crippen LogP contribution in [0.3, 0.4) is 0 Å². The van der Waals surface area contributed by atoms with E-state index in [4.69, 9.17) is 5.26 Å². The number of nitriles is 1. The second-order valence-corrected chi connectivity index (χ2v) is 4.10. The Bertz CT molecular complexity index is 410.